The molecule has 1 aromatic heterocycles. The van der Waals surface area contributed by atoms with E-state index in [9.17, 15) is 4.79 Å². The van der Waals surface area contributed by atoms with Gasteiger partial charge in [-0.3, -0.25) is 9.69 Å². The van der Waals surface area contributed by atoms with Gasteiger partial charge in [-0.15, -0.1) is 11.3 Å². The molecule has 1 saturated heterocycles. The molecule has 1 aliphatic rings. The number of thiophene rings is 1. The Labute approximate surface area is 134 Å². The maximum absolute atomic E-state index is 12.3. The van der Waals surface area contributed by atoms with E-state index >= 15 is 0 Å². The van der Waals surface area contributed by atoms with Gasteiger partial charge in [-0.1, -0.05) is 0 Å². The molecule has 0 aliphatic carbocycles. The van der Waals surface area contributed by atoms with Crippen molar-refractivity contribution < 1.29 is 9.53 Å². The molecule has 1 atom stereocenters. The molecule has 1 unspecified atom stereocenters. The molecule has 0 radical (unpaired) electrons. The molecule has 106 valence electrons. The van der Waals surface area contributed by atoms with Gasteiger partial charge in [0.1, 0.15) is 0 Å². The first-order valence-corrected chi connectivity index (χ1v) is 8.82. The van der Waals surface area contributed by atoms with Crippen LogP contribution in [0.3, 0.4) is 0 Å². The summed E-state index contributed by atoms with van der Waals surface area (Å²) in [6.45, 7) is 5.09. The number of hydrogen-bond donors (Lipinski definition) is 0. The van der Waals surface area contributed by atoms with Crippen molar-refractivity contribution in [3.8, 4) is 0 Å². The summed E-state index contributed by atoms with van der Waals surface area (Å²) in [5, 5.41) is 0. The van der Waals surface area contributed by atoms with Crippen molar-refractivity contribution in [3.05, 3.63) is 19.2 Å². The average Bonchev–Trinajstić information content (AvgIpc) is 2.69. The van der Waals surface area contributed by atoms with E-state index in [4.69, 9.17) is 4.74 Å². The van der Waals surface area contributed by atoms with Gasteiger partial charge in [0.2, 0.25) is 0 Å². The number of halogens is 2. The lowest BCUT2D eigenvalue weighted by molar-refractivity contribution is 0.00718. The van der Waals surface area contributed by atoms with E-state index in [1.165, 1.54) is 11.3 Å². The fourth-order valence-electron chi connectivity index (χ4n) is 2.35. The van der Waals surface area contributed by atoms with Crippen molar-refractivity contribution in [1.29, 1.82) is 0 Å². The van der Waals surface area contributed by atoms with Gasteiger partial charge in [-0.2, -0.15) is 0 Å². The fourth-order valence-corrected chi connectivity index (χ4v) is 5.20. The molecule has 0 saturated carbocycles. The van der Waals surface area contributed by atoms with Gasteiger partial charge in [0, 0.05) is 18.7 Å². The molecule has 0 bridgehead atoms. The van der Waals surface area contributed by atoms with Crippen LogP contribution in [0, 0.1) is 0 Å². The van der Waals surface area contributed by atoms with Crippen LogP contribution in [0.5, 0.6) is 0 Å². The minimum atomic E-state index is 0.172. The molecule has 1 aromatic rings. The summed E-state index contributed by atoms with van der Waals surface area (Å²) in [6, 6.07) is 1.89. The van der Waals surface area contributed by atoms with Crippen molar-refractivity contribution in [1.82, 2.24) is 4.90 Å². The summed E-state index contributed by atoms with van der Waals surface area (Å²) in [7, 11) is 0. The summed E-state index contributed by atoms with van der Waals surface area (Å²) in [4.78, 5) is 14.5. The number of ketones is 1. The molecule has 0 aromatic carbocycles. The van der Waals surface area contributed by atoms with Crippen molar-refractivity contribution in [2.75, 3.05) is 26.2 Å². The Kier molecular flexibility index (Phi) is 6.02. The Hall–Kier alpha value is 0.250. The summed E-state index contributed by atoms with van der Waals surface area (Å²) in [6.07, 6.45) is 2.49. The summed E-state index contributed by atoms with van der Waals surface area (Å²) in [5.41, 5.74) is 0.774. The van der Waals surface area contributed by atoms with Gasteiger partial charge in [0.05, 0.1) is 20.2 Å². The number of ether oxygens (including phenoxy) is 1. The first-order chi connectivity index (χ1) is 9.10. The fraction of sp³-hybridized carbons (Fsp3) is 0.615. The Morgan fingerprint density at radius 3 is 3.00 bits per heavy atom. The Balaban J connectivity index is 1.93. The summed E-state index contributed by atoms with van der Waals surface area (Å²) >= 11 is 8.39. The highest BCUT2D eigenvalue weighted by Crippen LogP contribution is 2.32. The highest BCUT2D eigenvalue weighted by Gasteiger charge is 2.23. The number of likely N-dealkylation sites (tertiary alicyclic amines) is 1. The first kappa shape index (κ1) is 15.6. The number of carbonyl (C=O) groups excluding carboxylic acids is 1. The molecule has 2 heterocycles. The van der Waals surface area contributed by atoms with Crippen LogP contribution in [0.15, 0.2) is 13.6 Å². The van der Waals surface area contributed by atoms with Gasteiger partial charge in [-0.05, 0) is 64.2 Å². The van der Waals surface area contributed by atoms with E-state index in [1.807, 2.05) is 13.0 Å². The Morgan fingerprint density at radius 1 is 1.58 bits per heavy atom. The molecule has 1 aliphatic heterocycles. The number of carbonyl (C=O) groups is 1. The number of Topliss-reactive ketones (excluding diaryl/α,β-unsaturated/α-hetero) is 1. The second kappa shape index (κ2) is 7.31. The van der Waals surface area contributed by atoms with Crippen LogP contribution in [0.1, 0.15) is 30.1 Å². The predicted octanol–water partition coefficient (Wildman–Crippen LogP) is 3.96. The van der Waals surface area contributed by atoms with Crippen molar-refractivity contribution in [2.45, 2.75) is 25.9 Å². The van der Waals surface area contributed by atoms with E-state index in [0.717, 1.165) is 45.7 Å². The Morgan fingerprint density at radius 2 is 2.37 bits per heavy atom. The van der Waals surface area contributed by atoms with Crippen LogP contribution < -0.4 is 0 Å². The molecule has 0 amide bonds. The van der Waals surface area contributed by atoms with Gasteiger partial charge in [-0.25, -0.2) is 0 Å². The number of piperidine rings is 1. The van der Waals surface area contributed by atoms with Gasteiger partial charge >= 0.3 is 0 Å². The van der Waals surface area contributed by atoms with Crippen molar-refractivity contribution in [2.24, 2.45) is 0 Å². The number of nitrogens with zero attached hydrogens (tertiary/aromatic N) is 1. The van der Waals surface area contributed by atoms with Gasteiger partial charge in [0.15, 0.2) is 5.78 Å². The van der Waals surface area contributed by atoms with E-state index in [1.54, 1.807) is 0 Å². The predicted molar refractivity (Wildman–Crippen MR) is 85.1 cm³/mol. The molecule has 1 fully saturated rings. The lowest BCUT2D eigenvalue weighted by Gasteiger charge is -2.31. The summed E-state index contributed by atoms with van der Waals surface area (Å²) in [5.74, 6) is 0.172. The van der Waals surface area contributed by atoms with Crippen LogP contribution in [-0.4, -0.2) is 43.0 Å². The van der Waals surface area contributed by atoms with E-state index < -0.39 is 0 Å². The molecule has 0 N–H and O–H groups in total. The smallest absolute Gasteiger partial charge is 0.178 e. The monoisotopic (exact) mass is 409 g/mol. The minimum absolute atomic E-state index is 0.172. The van der Waals surface area contributed by atoms with Crippen LogP contribution in [-0.2, 0) is 4.74 Å². The normalized spacial score (nSPS) is 20.7. The zero-order valence-corrected chi connectivity index (χ0v) is 14.8. The first-order valence-electron chi connectivity index (χ1n) is 6.42. The number of hydrogen-bond acceptors (Lipinski definition) is 4. The van der Waals surface area contributed by atoms with Crippen LogP contribution in [0.2, 0.25) is 0 Å². The zero-order valence-electron chi connectivity index (χ0n) is 10.8. The third-order valence-corrected chi connectivity index (χ3v) is 5.53. The molecule has 3 nitrogen and oxygen atoms in total. The third kappa shape index (κ3) is 4.36. The molecule has 19 heavy (non-hydrogen) atoms. The molecule has 2 rings (SSSR count). The van der Waals surface area contributed by atoms with E-state index in [0.29, 0.717) is 6.54 Å². The van der Waals surface area contributed by atoms with E-state index in [-0.39, 0.29) is 11.9 Å². The van der Waals surface area contributed by atoms with Gasteiger partial charge in [0.25, 0.3) is 0 Å². The maximum Gasteiger partial charge on any atom is 0.178 e. The highest BCUT2D eigenvalue weighted by atomic mass is 79.9. The third-order valence-electron chi connectivity index (χ3n) is 3.19. The van der Waals surface area contributed by atoms with Crippen LogP contribution >= 0.6 is 43.2 Å². The second-order valence-electron chi connectivity index (χ2n) is 4.62. The van der Waals surface area contributed by atoms with Crippen molar-refractivity contribution >= 4 is 49.0 Å². The largest absolute Gasteiger partial charge is 0.377 e. The lowest BCUT2D eigenvalue weighted by atomic mass is 10.1. The zero-order chi connectivity index (χ0) is 13.8. The summed E-state index contributed by atoms with van der Waals surface area (Å²) < 4.78 is 7.55. The molecular formula is C13H17Br2NO2S. The standard InChI is InChI=1S/C13H17Br2NO2S/c1-2-18-9-4-3-5-16(7-9)8-11(17)10-6-12(14)19-13(10)15/h6,9H,2-5,7-8H2,1H3. The number of rotatable bonds is 5. The lowest BCUT2D eigenvalue weighted by Crippen LogP contribution is -2.42. The SMILES string of the molecule is CCOC1CCCN(CC(=O)c2cc(Br)sc2Br)C1. The average molecular weight is 411 g/mol. The second-order valence-corrected chi connectivity index (χ2v) is 8.37. The minimum Gasteiger partial charge on any atom is -0.377 e. The van der Waals surface area contributed by atoms with Gasteiger partial charge < -0.3 is 4.74 Å². The van der Waals surface area contributed by atoms with Crippen LogP contribution in [0.25, 0.3) is 0 Å². The van der Waals surface area contributed by atoms with Crippen LogP contribution in [0.4, 0.5) is 0 Å². The molecular weight excluding hydrogens is 394 g/mol. The van der Waals surface area contributed by atoms with E-state index in [2.05, 4.69) is 36.8 Å². The highest BCUT2D eigenvalue weighted by molar-refractivity contribution is 9.12. The quantitative estimate of drug-likeness (QED) is 0.688. The topological polar surface area (TPSA) is 29.5 Å². The van der Waals surface area contributed by atoms with Crippen molar-refractivity contribution in [3.63, 3.8) is 0 Å². The Bertz CT molecular complexity index is 448. The molecule has 6 heteroatoms. The maximum atomic E-state index is 12.3. The molecule has 0 spiro atoms.